The van der Waals surface area contributed by atoms with Crippen molar-refractivity contribution in [3.8, 4) is 22.8 Å². The van der Waals surface area contributed by atoms with Gasteiger partial charge in [-0.25, -0.2) is 4.98 Å². The number of para-hydroxylation sites is 1. The molecule has 2 heterocycles. The minimum atomic E-state index is -0.467. The number of nitro groups is 1. The van der Waals surface area contributed by atoms with Crippen molar-refractivity contribution in [3.05, 3.63) is 105 Å². The molecular formula is C29H22ClN3O5. The number of aromatic nitrogens is 1. The fourth-order valence-corrected chi connectivity index (χ4v) is 4.15. The number of anilines is 1. The van der Waals surface area contributed by atoms with Crippen molar-refractivity contribution in [2.24, 2.45) is 0 Å². The highest BCUT2D eigenvalue weighted by atomic mass is 35.5. The van der Waals surface area contributed by atoms with Gasteiger partial charge in [0.25, 0.3) is 5.69 Å². The fraction of sp³-hybridized carbons (Fsp3) is 0.103. The summed E-state index contributed by atoms with van der Waals surface area (Å²) in [6, 6.07) is 20.5. The summed E-state index contributed by atoms with van der Waals surface area (Å²) < 4.78 is 11.6. The van der Waals surface area contributed by atoms with Crippen LogP contribution in [0.3, 0.4) is 0 Å². The molecule has 0 saturated carbocycles. The van der Waals surface area contributed by atoms with Crippen LogP contribution in [-0.2, 0) is 4.79 Å². The molecule has 8 nitrogen and oxygen atoms in total. The third-order valence-corrected chi connectivity index (χ3v) is 6.26. The minimum Gasteiger partial charge on any atom is -0.456 e. The van der Waals surface area contributed by atoms with E-state index in [1.165, 1.54) is 18.2 Å². The van der Waals surface area contributed by atoms with E-state index in [1.807, 2.05) is 18.2 Å². The van der Waals surface area contributed by atoms with Crippen molar-refractivity contribution < 1.29 is 18.6 Å². The second-order valence-corrected chi connectivity index (χ2v) is 9.30. The van der Waals surface area contributed by atoms with Gasteiger partial charge in [-0.2, -0.15) is 0 Å². The molecule has 190 valence electrons. The van der Waals surface area contributed by atoms with Gasteiger partial charge in [0.1, 0.15) is 17.0 Å². The van der Waals surface area contributed by atoms with Gasteiger partial charge in [0.05, 0.1) is 21.1 Å². The fourth-order valence-electron chi connectivity index (χ4n) is 3.96. The normalized spacial score (nSPS) is 11.5. The smallest absolute Gasteiger partial charge is 0.280 e. The zero-order valence-corrected chi connectivity index (χ0v) is 21.2. The van der Waals surface area contributed by atoms with Crippen molar-refractivity contribution in [3.63, 3.8) is 0 Å². The SMILES string of the molecule is CC(C)c1ccc2oc(-c3cc(NC(=O)/C=C/c4ccc(-c5ccccc5[N+](=O)[O-])o4)ccc3Cl)nc2c1. The molecule has 0 aliphatic rings. The maximum atomic E-state index is 12.6. The molecule has 1 N–H and O–H groups in total. The number of hydrogen-bond donors (Lipinski definition) is 1. The predicted octanol–water partition coefficient (Wildman–Crippen LogP) is 8.09. The summed E-state index contributed by atoms with van der Waals surface area (Å²) in [4.78, 5) is 28.0. The molecule has 5 rings (SSSR count). The van der Waals surface area contributed by atoms with Crippen LogP contribution in [0.5, 0.6) is 0 Å². The molecule has 1 amide bonds. The van der Waals surface area contributed by atoms with Crippen LogP contribution in [0.15, 0.2) is 87.7 Å². The number of benzene rings is 3. The van der Waals surface area contributed by atoms with Crippen LogP contribution in [0, 0.1) is 10.1 Å². The lowest BCUT2D eigenvalue weighted by Crippen LogP contribution is -2.07. The van der Waals surface area contributed by atoms with Gasteiger partial charge in [-0.05, 0) is 66.1 Å². The first kappa shape index (κ1) is 25.0. The monoisotopic (exact) mass is 527 g/mol. The van der Waals surface area contributed by atoms with E-state index in [4.69, 9.17) is 20.4 Å². The second-order valence-electron chi connectivity index (χ2n) is 8.89. The van der Waals surface area contributed by atoms with Crippen LogP contribution in [0.2, 0.25) is 5.02 Å². The van der Waals surface area contributed by atoms with E-state index in [0.29, 0.717) is 50.7 Å². The third-order valence-electron chi connectivity index (χ3n) is 5.93. The Morgan fingerprint density at radius 3 is 2.63 bits per heavy atom. The molecule has 0 spiro atoms. The maximum absolute atomic E-state index is 12.6. The van der Waals surface area contributed by atoms with Crippen molar-refractivity contribution in [2.75, 3.05) is 5.32 Å². The van der Waals surface area contributed by atoms with Gasteiger partial charge in [0.2, 0.25) is 11.8 Å². The van der Waals surface area contributed by atoms with Crippen LogP contribution >= 0.6 is 11.6 Å². The van der Waals surface area contributed by atoms with E-state index in [1.54, 1.807) is 48.5 Å². The van der Waals surface area contributed by atoms with E-state index in [-0.39, 0.29) is 5.69 Å². The Labute approximate surface area is 222 Å². The van der Waals surface area contributed by atoms with Gasteiger partial charge >= 0.3 is 0 Å². The summed E-state index contributed by atoms with van der Waals surface area (Å²) in [6.07, 6.45) is 2.79. The molecule has 0 radical (unpaired) electrons. The van der Waals surface area contributed by atoms with Crippen molar-refractivity contribution >= 4 is 46.1 Å². The molecule has 0 fully saturated rings. The van der Waals surface area contributed by atoms with Gasteiger partial charge in [0, 0.05) is 17.8 Å². The Hall–Kier alpha value is -4.69. The molecule has 0 aliphatic heterocycles. The van der Waals surface area contributed by atoms with E-state index in [0.717, 1.165) is 11.1 Å². The topological polar surface area (TPSA) is 111 Å². The maximum Gasteiger partial charge on any atom is 0.280 e. The quantitative estimate of drug-likeness (QED) is 0.130. The van der Waals surface area contributed by atoms with E-state index >= 15 is 0 Å². The second kappa shape index (κ2) is 10.4. The van der Waals surface area contributed by atoms with Gasteiger partial charge < -0.3 is 14.2 Å². The van der Waals surface area contributed by atoms with Crippen LogP contribution < -0.4 is 5.32 Å². The van der Waals surface area contributed by atoms with Crippen molar-refractivity contribution in [1.29, 1.82) is 0 Å². The van der Waals surface area contributed by atoms with E-state index in [9.17, 15) is 14.9 Å². The largest absolute Gasteiger partial charge is 0.456 e. The number of nitro benzene ring substituents is 1. The minimum absolute atomic E-state index is 0.0621. The number of nitrogens with one attached hydrogen (secondary N) is 1. The zero-order valence-electron chi connectivity index (χ0n) is 20.5. The molecule has 5 aromatic rings. The number of rotatable bonds is 7. The molecule has 0 bridgehead atoms. The Morgan fingerprint density at radius 2 is 1.84 bits per heavy atom. The van der Waals surface area contributed by atoms with Crippen LogP contribution in [0.1, 0.15) is 31.1 Å². The first-order valence-electron chi connectivity index (χ1n) is 11.8. The Bertz CT molecular complexity index is 1700. The summed E-state index contributed by atoms with van der Waals surface area (Å²) in [6.45, 7) is 4.22. The molecule has 0 unspecified atom stereocenters. The van der Waals surface area contributed by atoms with E-state index < -0.39 is 10.8 Å². The third kappa shape index (κ3) is 5.21. The number of furan rings is 1. The number of carbonyl (C=O) groups is 1. The summed E-state index contributed by atoms with van der Waals surface area (Å²) in [5.41, 5.74) is 3.89. The molecule has 0 atom stereocenters. The molecule has 9 heteroatoms. The highest BCUT2D eigenvalue weighted by Crippen LogP contribution is 2.34. The van der Waals surface area contributed by atoms with Gasteiger partial charge in [-0.15, -0.1) is 0 Å². The summed E-state index contributed by atoms with van der Waals surface area (Å²) in [5.74, 6) is 1.02. The number of halogens is 1. The van der Waals surface area contributed by atoms with Crippen molar-refractivity contribution in [1.82, 2.24) is 4.98 Å². The average molecular weight is 528 g/mol. The van der Waals surface area contributed by atoms with Gasteiger partial charge in [-0.1, -0.05) is 43.6 Å². The number of amides is 1. The highest BCUT2D eigenvalue weighted by molar-refractivity contribution is 6.33. The standard InChI is InChI=1S/C29H22ClN3O5/c1-17(2)18-7-12-27-24(15-18)32-29(38-27)22-16-19(8-11-23(22)30)31-28(34)14-10-20-9-13-26(37-20)21-5-3-4-6-25(21)33(35)36/h3-17H,1-2H3,(H,31,34)/b14-10+. The number of nitrogens with zero attached hydrogens (tertiary/aromatic N) is 2. The highest BCUT2D eigenvalue weighted by Gasteiger charge is 2.17. The molecule has 3 aromatic carbocycles. The Morgan fingerprint density at radius 1 is 1.03 bits per heavy atom. The first-order valence-corrected chi connectivity index (χ1v) is 12.2. The zero-order chi connectivity index (χ0) is 26.8. The lowest BCUT2D eigenvalue weighted by molar-refractivity contribution is -0.384. The number of hydrogen-bond acceptors (Lipinski definition) is 6. The average Bonchev–Trinajstić information content (AvgIpc) is 3.55. The molecular weight excluding hydrogens is 506 g/mol. The van der Waals surface area contributed by atoms with Gasteiger partial charge in [-0.3, -0.25) is 14.9 Å². The lowest BCUT2D eigenvalue weighted by Gasteiger charge is -2.05. The van der Waals surface area contributed by atoms with Crippen LogP contribution in [0.25, 0.3) is 40.0 Å². The lowest BCUT2D eigenvalue weighted by atomic mass is 10.0. The Balaban J connectivity index is 1.32. The summed E-state index contributed by atoms with van der Waals surface area (Å²) in [7, 11) is 0. The van der Waals surface area contributed by atoms with E-state index in [2.05, 4.69) is 24.1 Å². The number of oxazole rings is 1. The number of carbonyl (C=O) groups excluding carboxylic acids is 1. The number of fused-ring (bicyclic) bond motifs is 1. The van der Waals surface area contributed by atoms with Crippen LogP contribution in [0.4, 0.5) is 11.4 Å². The van der Waals surface area contributed by atoms with Crippen LogP contribution in [-0.4, -0.2) is 15.8 Å². The summed E-state index contributed by atoms with van der Waals surface area (Å²) in [5, 5.41) is 14.5. The first-order chi connectivity index (χ1) is 18.3. The molecule has 0 saturated heterocycles. The Kier molecular flexibility index (Phi) is 6.81. The van der Waals surface area contributed by atoms with Gasteiger partial charge in [0.15, 0.2) is 5.58 Å². The molecule has 2 aromatic heterocycles. The molecule has 0 aliphatic carbocycles. The summed E-state index contributed by atoms with van der Waals surface area (Å²) >= 11 is 6.42. The molecule has 38 heavy (non-hydrogen) atoms. The predicted molar refractivity (Wildman–Crippen MR) is 147 cm³/mol. The van der Waals surface area contributed by atoms with Crippen molar-refractivity contribution in [2.45, 2.75) is 19.8 Å².